The molecule has 1 aromatic heterocycles. The smallest absolute Gasteiger partial charge is 0.139 e. The number of benzene rings is 1. The van der Waals surface area contributed by atoms with Gasteiger partial charge in [-0.2, -0.15) is 0 Å². The first-order valence-electron chi connectivity index (χ1n) is 6.08. The fraction of sp³-hybridized carbons (Fsp3) is 0.429. The van der Waals surface area contributed by atoms with Gasteiger partial charge in [-0.3, -0.25) is 4.79 Å². The van der Waals surface area contributed by atoms with Crippen molar-refractivity contribution in [3.05, 3.63) is 29.3 Å². The van der Waals surface area contributed by atoms with Crippen LogP contribution in [0.1, 0.15) is 24.8 Å². The summed E-state index contributed by atoms with van der Waals surface area (Å²) in [4.78, 5) is 16.3. The van der Waals surface area contributed by atoms with Crippen molar-refractivity contribution in [1.29, 1.82) is 0 Å². The molecule has 1 heterocycles. The lowest BCUT2D eigenvalue weighted by Gasteiger charge is -2.07. The standard InChI is InChI=1S/C14H17NO2S/c1-10(17-2)7-8-11(16)9-14-15-12-5-3-4-6-13(12)18-14/h3-6,10H,7-9H2,1-2H3. The van der Waals surface area contributed by atoms with Crippen molar-refractivity contribution in [2.24, 2.45) is 0 Å². The number of ketones is 1. The van der Waals surface area contributed by atoms with Crippen molar-refractivity contribution < 1.29 is 9.53 Å². The summed E-state index contributed by atoms with van der Waals surface area (Å²) in [7, 11) is 1.67. The van der Waals surface area contributed by atoms with Gasteiger partial charge in [0, 0.05) is 13.5 Å². The number of hydrogen-bond acceptors (Lipinski definition) is 4. The zero-order valence-electron chi connectivity index (χ0n) is 10.7. The first-order valence-corrected chi connectivity index (χ1v) is 6.89. The minimum atomic E-state index is 0.143. The molecule has 0 aliphatic heterocycles. The maximum Gasteiger partial charge on any atom is 0.139 e. The first-order chi connectivity index (χ1) is 8.69. The largest absolute Gasteiger partial charge is 0.382 e. The van der Waals surface area contributed by atoms with Crippen LogP contribution in [0.15, 0.2) is 24.3 Å². The third kappa shape index (κ3) is 3.37. The third-order valence-electron chi connectivity index (χ3n) is 2.92. The highest BCUT2D eigenvalue weighted by molar-refractivity contribution is 7.18. The van der Waals surface area contributed by atoms with Gasteiger partial charge in [0.05, 0.1) is 22.7 Å². The molecule has 1 atom stereocenters. The number of methoxy groups -OCH3 is 1. The number of carbonyl (C=O) groups is 1. The fourth-order valence-corrected chi connectivity index (χ4v) is 2.73. The predicted molar refractivity (Wildman–Crippen MR) is 74.0 cm³/mol. The highest BCUT2D eigenvalue weighted by atomic mass is 32.1. The van der Waals surface area contributed by atoms with E-state index >= 15 is 0 Å². The molecule has 0 aliphatic carbocycles. The van der Waals surface area contributed by atoms with Crippen LogP contribution in [0.25, 0.3) is 10.2 Å². The zero-order chi connectivity index (χ0) is 13.0. The van der Waals surface area contributed by atoms with Gasteiger partial charge in [0.1, 0.15) is 10.8 Å². The molecule has 3 nitrogen and oxygen atoms in total. The van der Waals surface area contributed by atoms with Gasteiger partial charge in [-0.25, -0.2) is 4.98 Å². The Bertz CT molecular complexity index is 502. The number of carbonyl (C=O) groups excluding carboxylic acids is 1. The van der Waals surface area contributed by atoms with E-state index in [0.29, 0.717) is 12.8 Å². The second-order valence-electron chi connectivity index (χ2n) is 4.38. The number of nitrogens with zero attached hydrogens (tertiary/aromatic N) is 1. The molecule has 4 heteroatoms. The van der Waals surface area contributed by atoms with Crippen LogP contribution in [0.2, 0.25) is 0 Å². The number of para-hydroxylation sites is 1. The molecule has 0 aliphatic rings. The average molecular weight is 263 g/mol. The van der Waals surface area contributed by atoms with E-state index < -0.39 is 0 Å². The van der Waals surface area contributed by atoms with Crippen molar-refractivity contribution in [3.8, 4) is 0 Å². The summed E-state index contributed by atoms with van der Waals surface area (Å²) >= 11 is 1.60. The number of aromatic nitrogens is 1. The molecule has 0 amide bonds. The molecule has 0 saturated heterocycles. The summed E-state index contributed by atoms with van der Waals surface area (Å²) in [5.41, 5.74) is 0.982. The van der Waals surface area contributed by atoms with E-state index in [1.807, 2.05) is 31.2 Å². The molecule has 0 N–H and O–H groups in total. The van der Waals surface area contributed by atoms with Crippen LogP contribution in [-0.4, -0.2) is 24.0 Å². The van der Waals surface area contributed by atoms with Gasteiger partial charge < -0.3 is 4.74 Å². The van der Waals surface area contributed by atoms with Crippen LogP contribution in [0.4, 0.5) is 0 Å². The van der Waals surface area contributed by atoms with Crippen LogP contribution in [0, 0.1) is 0 Å². The molecule has 1 aromatic carbocycles. The van der Waals surface area contributed by atoms with E-state index in [1.165, 1.54) is 0 Å². The summed E-state index contributed by atoms with van der Waals surface area (Å²) in [6, 6.07) is 7.97. The molecule has 96 valence electrons. The van der Waals surface area contributed by atoms with Gasteiger partial charge in [-0.15, -0.1) is 11.3 Å². The number of ether oxygens (including phenoxy) is 1. The molecule has 0 radical (unpaired) electrons. The summed E-state index contributed by atoms with van der Waals surface area (Å²) in [6.45, 7) is 1.98. The normalized spacial score (nSPS) is 12.8. The molecule has 0 spiro atoms. The summed E-state index contributed by atoms with van der Waals surface area (Å²) in [6.07, 6.45) is 1.92. The summed E-state index contributed by atoms with van der Waals surface area (Å²) in [5, 5.41) is 0.909. The van der Waals surface area contributed by atoms with Crippen LogP contribution in [-0.2, 0) is 16.0 Å². The zero-order valence-corrected chi connectivity index (χ0v) is 11.5. The second kappa shape index (κ2) is 6.07. The number of Topliss-reactive ketones (excluding diaryl/α,β-unsaturated/α-hetero) is 1. The Morgan fingerprint density at radius 2 is 2.22 bits per heavy atom. The summed E-state index contributed by atoms with van der Waals surface area (Å²) in [5.74, 6) is 0.234. The van der Waals surface area contributed by atoms with E-state index in [1.54, 1.807) is 18.4 Å². The maximum atomic E-state index is 11.8. The Labute approximate surface area is 111 Å². The van der Waals surface area contributed by atoms with Crippen molar-refractivity contribution in [1.82, 2.24) is 4.98 Å². The third-order valence-corrected chi connectivity index (χ3v) is 3.96. The number of rotatable bonds is 6. The number of fused-ring (bicyclic) bond motifs is 1. The van der Waals surface area contributed by atoms with Crippen molar-refractivity contribution in [3.63, 3.8) is 0 Å². The molecule has 0 fully saturated rings. The van der Waals surface area contributed by atoms with Crippen molar-refractivity contribution in [2.45, 2.75) is 32.3 Å². The van der Waals surface area contributed by atoms with Gasteiger partial charge in [0.25, 0.3) is 0 Å². The lowest BCUT2D eigenvalue weighted by Crippen LogP contribution is -2.09. The second-order valence-corrected chi connectivity index (χ2v) is 5.49. The molecule has 18 heavy (non-hydrogen) atoms. The molecular formula is C14H17NO2S. The number of thiazole rings is 1. The number of hydrogen-bond donors (Lipinski definition) is 0. The Morgan fingerprint density at radius 1 is 1.44 bits per heavy atom. The van der Waals surface area contributed by atoms with Crippen molar-refractivity contribution >= 4 is 27.3 Å². The molecule has 2 rings (SSSR count). The van der Waals surface area contributed by atoms with Crippen LogP contribution >= 0.6 is 11.3 Å². The predicted octanol–water partition coefficient (Wildman–Crippen LogP) is 3.22. The van der Waals surface area contributed by atoms with E-state index in [2.05, 4.69) is 4.98 Å². The van der Waals surface area contributed by atoms with Crippen LogP contribution in [0.5, 0.6) is 0 Å². The molecule has 0 saturated carbocycles. The SMILES string of the molecule is COC(C)CCC(=O)Cc1nc2ccccc2s1. The van der Waals surface area contributed by atoms with Gasteiger partial charge in [-0.1, -0.05) is 12.1 Å². The Kier molecular flexibility index (Phi) is 4.44. The monoisotopic (exact) mass is 263 g/mol. The maximum absolute atomic E-state index is 11.8. The highest BCUT2D eigenvalue weighted by Crippen LogP contribution is 2.22. The lowest BCUT2D eigenvalue weighted by atomic mass is 10.1. The van der Waals surface area contributed by atoms with Gasteiger partial charge >= 0.3 is 0 Å². The topological polar surface area (TPSA) is 39.2 Å². The minimum Gasteiger partial charge on any atom is -0.382 e. The molecule has 0 bridgehead atoms. The van der Waals surface area contributed by atoms with E-state index in [0.717, 1.165) is 21.6 Å². The van der Waals surface area contributed by atoms with Gasteiger partial charge in [0.15, 0.2) is 0 Å². The van der Waals surface area contributed by atoms with E-state index in [9.17, 15) is 4.79 Å². The van der Waals surface area contributed by atoms with E-state index in [4.69, 9.17) is 4.74 Å². The average Bonchev–Trinajstić information content (AvgIpc) is 2.77. The highest BCUT2D eigenvalue weighted by Gasteiger charge is 2.10. The van der Waals surface area contributed by atoms with Crippen molar-refractivity contribution in [2.75, 3.05) is 7.11 Å². The Hall–Kier alpha value is -1.26. The molecule has 1 unspecified atom stereocenters. The van der Waals surface area contributed by atoms with Crippen LogP contribution < -0.4 is 0 Å². The van der Waals surface area contributed by atoms with E-state index in [-0.39, 0.29) is 11.9 Å². The van der Waals surface area contributed by atoms with Gasteiger partial charge in [-0.05, 0) is 25.5 Å². The quantitative estimate of drug-likeness (QED) is 0.803. The molecule has 2 aromatic rings. The lowest BCUT2D eigenvalue weighted by molar-refractivity contribution is -0.119. The fourth-order valence-electron chi connectivity index (χ4n) is 1.73. The summed E-state index contributed by atoms with van der Waals surface area (Å²) < 4.78 is 6.28. The van der Waals surface area contributed by atoms with Gasteiger partial charge in [0.2, 0.25) is 0 Å². The minimum absolute atomic E-state index is 0.143. The first kappa shape index (κ1) is 13.2. The Morgan fingerprint density at radius 3 is 2.94 bits per heavy atom. The molecular weight excluding hydrogens is 246 g/mol. The van der Waals surface area contributed by atoms with Crippen LogP contribution in [0.3, 0.4) is 0 Å². The Balaban J connectivity index is 1.94.